The topological polar surface area (TPSA) is 94.6 Å². The standard InChI is InChI=1S/C25H29N5O3/c31-23-6-5-22(24(32)28-23)30-16-20-4-3-17(10-21(20)25(30)33)13-29(15-19-7-9-27-12-19)14-18-2-1-8-26-11-18/h1-4,8,10-11,19,22,27H,5-7,9,12-16H2,(H,28,31,32). The summed E-state index contributed by atoms with van der Waals surface area (Å²) in [5.74, 6) is -0.157. The minimum absolute atomic E-state index is 0.125. The van der Waals surface area contributed by atoms with Crippen LogP contribution in [-0.2, 0) is 29.2 Å². The lowest BCUT2D eigenvalue weighted by molar-refractivity contribution is -0.136. The van der Waals surface area contributed by atoms with Crippen molar-refractivity contribution in [3.05, 3.63) is 65.0 Å². The number of rotatable bonds is 7. The van der Waals surface area contributed by atoms with Crippen molar-refractivity contribution in [2.24, 2.45) is 5.92 Å². The molecule has 0 aliphatic carbocycles. The molecule has 172 valence electrons. The van der Waals surface area contributed by atoms with E-state index in [2.05, 4.69) is 32.7 Å². The van der Waals surface area contributed by atoms with Gasteiger partial charge in [0.15, 0.2) is 0 Å². The van der Waals surface area contributed by atoms with E-state index in [9.17, 15) is 14.4 Å². The molecule has 3 amide bonds. The van der Waals surface area contributed by atoms with E-state index in [4.69, 9.17) is 0 Å². The highest BCUT2D eigenvalue weighted by Crippen LogP contribution is 2.29. The maximum Gasteiger partial charge on any atom is 0.255 e. The summed E-state index contributed by atoms with van der Waals surface area (Å²) in [6.45, 7) is 5.04. The van der Waals surface area contributed by atoms with Gasteiger partial charge in [0, 0.05) is 50.6 Å². The minimum atomic E-state index is -0.581. The summed E-state index contributed by atoms with van der Waals surface area (Å²) in [6, 6.07) is 9.55. The summed E-state index contributed by atoms with van der Waals surface area (Å²) in [5.41, 5.74) is 3.86. The number of amides is 3. The van der Waals surface area contributed by atoms with Crippen LogP contribution in [0.5, 0.6) is 0 Å². The predicted octanol–water partition coefficient (Wildman–Crippen LogP) is 1.45. The Morgan fingerprint density at radius 1 is 1.09 bits per heavy atom. The Morgan fingerprint density at radius 2 is 1.97 bits per heavy atom. The molecule has 2 saturated heterocycles. The van der Waals surface area contributed by atoms with Gasteiger partial charge in [0.2, 0.25) is 11.8 Å². The second kappa shape index (κ2) is 9.41. The van der Waals surface area contributed by atoms with Crippen LogP contribution in [0.2, 0.25) is 0 Å². The van der Waals surface area contributed by atoms with Crippen LogP contribution in [0, 0.1) is 5.92 Å². The molecule has 1 aromatic carbocycles. The highest BCUT2D eigenvalue weighted by molar-refractivity contribution is 6.05. The molecule has 2 N–H and O–H groups in total. The number of carbonyl (C=O) groups excluding carboxylic acids is 3. The summed E-state index contributed by atoms with van der Waals surface area (Å²) in [4.78, 5) is 45.2. The van der Waals surface area contributed by atoms with Gasteiger partial charge < -0.3 is 10.2 Å². The number of nitrogens with zero attached hydrogens (tertiary/aromatic N) is 3. The highest BCUT2D eigenvalue weighted by Gasteiger charge is 2.39. The Balaban J connectivity index is 1.31. The first-order chi connectivity index (χ1) is 16.1. The third kappa shape index (κ3) is 4.82. The molecular formula is C25H29N5O3. The van der Waals surface area contributed by atoms with E-state index in [0.29, 0.717) is 24.4 Å². The van der Waals surface area contributed by atoms with Crippen molar-refractivity contribution in [3.8, 4) is 0 Å². The molecule has 0 saturated carbocycles. The molecule has 3 aliphatic rings. The Kier molecular flexibility index (Phi) is 6.20. The van der Waals surface area contributed by atoms with Crippen molar-refractivity contribution >= 4 is 17.7 Å². The highest BCUT2D eigenvalue weighted by atomic mass is 16.2. The van der Waals surface area contributed by atoms with Crippen LogP contribution in [0.25, 0.3) is 0 Å². The van der Waals surface area contributed by atoms with E-state index in [0.717, 1.165) is 43.9 Å². The van der Waals surface area contributed by atoms with Gasteiger partial charge in [-0.2, -0.15) is 0 Å². The number of imide groups is 1. The maximum atomic E-state index is 13.2. The average Bonchev–Trinajstić information content (AvgIpc) is 3.43. The molecule has 0 radical (unpaired) electrons. The number of nitrogens with one attached hydrogen (secondary N) is 2. The van der Waals surface area contributed by atoms with Gasteiger partial charge in [-0.15, -0.1) is 0 Å². The van der Waals surface area contributed by atoms with Gasteiger partial charge in [-0.05, 0) is 60.7 Å². The lowest BCUT2D eigenvalue weighted by Gasteiger charge is -2.29. The molecule has 0 spiro atoms. The fraction of sp³-hybridized carbons (Fsp3) is 0.440. The van der Waals surface area contributed by atoms with Crippen LogP contribution >= 0.6 is 0 Å². The van der Waals surface area contributed by atoms with Gasteiger partial charge in [-0.25, -0.2) is 0 Å². The second-order valence-corrected chi connectivity index (χ2v) is 9.28. The van der Waals surface area contributed by atoms with E-state index in [1.54, 1.807) is 11.1 Å². The maximum absolute atomic E-state index is 13.2. The third-order valence-electron chi connectivity index (χ3n) is 6.81. The molecule has 5 rings (SSSR count). The van der Waals surface area contributed by atoms with Gasteiger partial charge in [0.05, 0.1) is 0 Å². The normalized spacial score (nSPS) is 22.7. The first kappa shape index (κ1) is 21.7. The second-order valence-electron chi connectivity index (χ2n) is 9.28. The monoisotopic (exact) mass is 447 g/mol. The van der Waals surface area contributed by atoms with Crippen LogP contribution in [0.4, 0.5) is 0 Å². The summed E-state index contributed by atoms with van der Waals surface area (Å²) >= 11 is 0. The SMILES string of the molecule is O=C1CCC(N2Cc3ccc(CN(Cc4cccnc4)CC4CCNC4)cc3C2=O)C(=O)N1. The molecule has 2 atom stereocenters. The van der Waals surface area contributed by atoms with E-state index in [-0.39, 0.29) is 24.1 Å². The Hall–Kier alpha value is -3.10. The number of fused-ring (bicyclic) bond motifs is 1. The quantitative estimate of drug-likeness (QED) is 0.624. The largest absolute Gasteiger partial charge is 0.322 e. The molecule has 0 bridgehead atoms. The number of benzene rings is 1. The van der Waals surface area contributed by atoms with Gasteiger partial charge in [-0.1, -0.05) is 18.2 Å². The summed E-state index contributed by atoms with van der Waals surface area (Å²) in [5, 5.41) is 5.80. The Labute approximate surface area is 193 Å². The molecule has 8 nitrogen and oxygen atoms in total. The fourth-order valence-electron chi connectivity index (χ4n) is 5.13. The number of aromatic nitrogens is 1. The summed E-state index contributed by atoms with van der Waals surface area (Å²) < 4.78 is 0. The zero-order valence-electron chi connectivity index (χ0n) is 18.6. The molecule has 2 aromatic rings. The first-order valence-electron chi connectivity index (χ1n) is 11.7. The van der Waals surface area contributed by atoms with Crippen molar-refractivity contribution < 1.29 is 14.4 Å². The van der Waals surface area contributed by atoms with Gasteiger partial charge in [0.25, 0.3) is 5.91 Å². The number of hydrogen-bond acceptors (Lipinski definition) is 6. The molecule has 4 heterocycles. The molecule has 2 fully saturated rings. The zero-order valence-corrected chi connectivity index (χ0v) is 18.6. The van der Waals surface area contributed by atoms with Crippen LogP contribution < -0.4 is 10.6 Å². The van der Waals surface area contributed by atoms with Crippen LogP contribution in [0.1, 0.15) is 46.3 Å². The van der Waals surface area contributed by atoms with E-state index >= 15 is 0 Å². The van der Waals surface area contributed by atoms with Crippen molar-refractivity contribution in [1.29, 1.82) is 0 Å². The van der Waals surface area contributed by atoms with Crippen molar-refractivity contribution in [1.82, 2.24) is 25.4 Å². The average molecular weight is 448 g/mol. The Morgan fingerprint density at radius 3 is 2.73 bits per heavy atom. The van der Waals surface area contributed by atoms with Crippen molar-refractivity contribution in [2.45, 2.75) is 44.9 Å². The first-order valence-corrected chi connectivity index (χ1v) is 11.7. The number of pyridine rings is 1. The molecule has 33 heavy (non-hydrogen) atoms. The minimum Gasteiger partial charge on any atom is -0.322 e. The third-order valence-corrected chi connectivity index (χ3v) is 6.81. The summed E-state index contributed by atoms with van der Waals surface area (Å²) in [6.07, 6.45) is 5.51. The molecule has 1 aromatic heterocycles. The molecule has 8 heteroatoms. The van der Waals surface area contributed by atoms with Gasteiger partial charge in [0.1, 0.15) is 6.04 Å². The molecule has 2 unspecified atom stereocenters. The van der Waals surface area contributed by atoms with Gasteiger partial charge >= 0.3 is 0 Å². The van der Waals surface area contributed by atoms with E-state index in [1.165, 1.54) is 12.0 Å². The predicted molar refractivity (Wildman–Crippen MR) is 122 cm³/mol. The molecular weight excluding hydrogens is 418 g/mol. The summed E-state index contributed by atoms with van der Waals surface area (Å²) in [7, 11) is 0. The fourth-order valence-corrected chi connectivity index (χ4v) is 5.13. The molecule has 3 aliphatic heterocycles. The lowest BCUT2D eigenvalue weighted by Crippen LogP contribution is -2.52. The number of piperidine rings is 1. The number of hydrogen-bond donors (Lipinski definition) is 2. The smallest absolute Gasteiger partial charge is 0.255 e. The zero-order chi connectivity index (χ0) is 22.8. The number of carbonyl (C=O) groups is 3. The lowest BCUT2D eigenvalue weighted by atomic mass is 10.0. The van der Waals surface area contributed by atoms with Crippen LogP contribution in [-0.4, -0.2) is 58.2 Å². The van der Waals surface area contributed by atoms with Crippen molar-refractivity contribution in [3.63, 3.8) is 0 Å². The van der Waals surface area contributed by atoms with Crippen LogP contribution in [0.3, 0.4) is 0 Å². The Bertz CT molecular complexity index is 1050. The van der Waals surface area contributed by atoms with E-state index < -0.39 is 6.04 Å². The van der Waals surface area contributed by atoms with Gasteiger partial charge in [-0.3, -0.25) is 29.6 Å². The van der Waals surface area contributed by atoms with Crippen molar-refractivity contribution in [2.75, 3.05) is 19.6 Å². The van der Waals surface area contributed by atoms with E-state index in [1.807, 2.05) is 24.4 Å². The van der Waals surface area contributed by atoms with Crippen LogP contribution in [0.15, 0.2) is 42.7 Å².